The molecule has 0 aromatic rings. The van der Waals surface area contributed by atoms with Crippen LogP contribution in [0.25, 0.3) is 0 Å². The molecule has 2 unspecified atom stereocenters. The van der Waals surface area contributed by atoms with E-state index in [1.807, 2.05) is 0 Å². The van der Waals surface area contributed by atoms with Gasteiger partial charge < -0.3 is 29.8 Å². The summed E-state index contributed by atoms with van der Waals surface area (Å²) < 4.78 is 15.0. The summed E-state index contributed by atoms with van der Waals surface area (Å²) >= 11 is 0. The van der Waals surface area contributed by atoms with Gasteiger partial charge in [0.1, 0.15) is 6.10 Å². The fourth-order valence-corrected chi connectivity index (χ4v) is 1.31. The number of ketones is 1. The molecular formula is C6H13O8P. The van der Waals surface area contributed by atoms with Crippen molar-refractivity contribution in [3.63, 3.8) is 0 Å². The van der Waals surface area contributed by atoms with E-state index in [-0.39, 0.29) is 0 Å². The van der Waals surface area contributed by atoms with Crippen LogP contribution in [0.5, 0.6) is 0 Å². The van der Waals surface area contributed by atoms with E-state index in [0.29, 0.717) is 0 Å². The van der Waals surface area contributed by atoms with Gasteiger partial charge in [-0.1, -0.05) is 0 Å². The first kappa shape index (κ1) is 14.7. The third-order valence-corrected chi connectivity index (χ3v) is 2.77. The second-order valence-corrected chi connectivity index (χ2v) is 4.55. The van der Waals surface area contributed by atoms with Gasteiger partial charge in [0.05, 0.1) is 13.2 Å². The van der Waals surface area contributed by atoms with Crippen molar-refractivity contribution in [1.29, 1.82) is 0 Å². The van der Waals surface area contributed by atoms with E-state index >= 15 is 0 Å². The average molecular weight is 244 g/mol. The fourth-order valence-electron chi connectivity index (χ4n) is 0.656. The van der Waals surface area contributed by atoms with Crippen LogP contribution in [0.1, 0.15) is 6.92 Å². The normalized spacial score (nSPS) is 18.3. The maximum absolute atomic E-state index is 10.8. The lowest BCUT2D eigenvalue weighted by atomic mass is 10.4. The van der Waals surface area contributed by atoms with Crippen molar-refractivity contribution in [2.24, 2.45) is 0 Å². The number of hydrogen-bond donors (Lipinski definition) is 5. The Morgan fingerprint density at radius 2 is 2.00 bits per heavy atom. The Kier molecular flexibility index (Phi) is 5.01. The van der Waals surface area contributed by atoms with Crippen LogP contribution < -0.4 is 0 Å². The Morgan fingerprint density at radius 1 is 1.53 bits per heavy atom. The molecule has 2 atom stereocenters. The molecule has 0 saturated heterocycles. The predicted molar refractivity (Wildman–Crippen MR) is 46.7 cm³/mol. The molecule has 0 amide bonds. The van der Waals surface area contributed by atoms with Crippen molar-refractivity contribution < 1.29 is 39.2 Å². The van der Waals surface area contributed by atoms with E-state index in [2.05, 4.69) is 4.74 Å². The zero-order valence-electron chi connectivity index (χ0n) is 7.90. The highest BCUT2D eigenvalue weighted by Crippen LogP contribution is 2.49. The Bertz CT molecular complexity index is 272. The fraction of sp³-hybridized carbons (Fsp3) is 0.833. The molecule has 0 aliphatic heterocycles. The zero-order chi connectivity index (χ0) is 12.3. The van der Waals surface area contributed by atoms with Crippen molar-refractivity contribution in [3.05, 3.63) is 0 Å². The number of carbonyl (C=O) groups is 1. The molecule has 0 fully saturated rings. The molecular weight excluding hydrogens is 231 g/mol. The summed E-state index contributed by atoms with van der Waals surface area (Å²) in [6.07, 6.45) is -1.44. The van der Waals surface area contributed by atoms with Gasteiger partial charge in [-0.05, 0) is 0 Å². The molecule has 15 heavy (non-hydrogen) atoms. The maximum Gasteiger partial charge on any atom is 0.392 e. The summed E-state index contributed by atoms with van der Waals surface area (Å²) in [5.41, 5.74) is -3.27. The SMILES string of the molecule is CC(=O)C(O)(OCC(O)CO)P(=O)(O)O. The Labute approximate surface area is 85.3 Å². The highest BCUT2D eigenvalue weighted by atomic mass is 31.2. The molecule has 0 rings (SSSR count). The third-order valence-electron chi connectivity index (χ3n) is 1.54. The second-order valence-electron chi connectivity index (χ2n) is 2.86. The van der Waals surface area contributed by atoms with Crippen LogP contribution in [0.2, 0.25) is 0 Å². The van der Waals surface area contributed by atoms with Gasteiger partial charge in [-0.2, -0.15) is 0 Å². The number of Topliss-reactive ketones (excluding diaryl/α,β-unsaturated/α-hetero) is 1. The molecule has 0 radical (unpaired) electrons. The van der Waals surface area contributed by atoms with Crippen molar-refractivity contribution in [2.45, 2.75) is 18.6 Å². The topological polar surface area (TPSA) is 145 Å². The highest BCUT2D eigenvalue weighted by Gasteiger charge is 2.51. The van der Waals surface area contributed by atoms with Crippen LogP contribution in [0, 0.1) is 0 Å². The third kappa shape index (κ3) is 3.62. The van der Waals surface area contributed by atoms with E-state index in [4.69, 9.17) is 20.0 Å². The summed E-state index contributed by atoms with van der Waals surface area (Å²) in [6, 6.07) is 0. The van der Waals surface area contributed by atoms with Gasteiger partial charge in [0.25, 0.3) is 0 Å². The van der Waals surface area contributed by atoms with Gasteiger partial charge in [-0.15, -0.1) is 0 Å². The van der Waals surface area contributed by atoms with E-state index < -0.39 is 38.2 Å². The lowest BCUT2D eigenvalue weighted by Gasteiger charge is -2.26. The largest absolute Gasteiger partial charge is 0.394 e. The summed E-state index contributed by atoms with van der Waals surface area (Å²) in [7, 11) is -5.22. The molecule has 0 heterocycles. The summed E-state index contributed by atoms with van der Waals surface area (Å²) in [6.45, 7) is -0.781. The molecule has 0 spiro atoms. The van der Waals surface area contributed by atoms with Crippen molar-refractivity contribution in [1.82, 2.24) is 0 Å². The summed E-state index contributed by atoms with van der Waals surface area (Å²) in [5.74, 6) is -1.29. The van der Waals surface area contributed by atoms with Gasteiger partial charge in [0.2, 0.25) is 5.78 Å². The van der Waals surface area contributed by atoms with Crippen LogP contribution in [0.4, 0.5) is 0 Å². The molecule has 0 aromatic carbocycles. The Hall–Kier alpha value is -0.340. The van der Waals surface area contributed by atoms with E-state index in [1.54, 1.807) is 0 Å². The minimum Gasteiger partial charge on any atom is -0.394 e. The minimum atomic E-state index is -5.22. The first-order chi connectivity index (χ1) is 6.65. The van der Waals surface area contributed by atoms with Crippen LogP contribution in [-0.4, -0.2) is 55.7 Å². The molecule has 0 bridgehead atoms. The number of aliphatic hydroxyl groups is 3. The smallest absolute Gasteiger partial charge is 0.392 e. The molecule has 9 heteroatoms. The second kappa shape index (κ2) is 5.13. The van der Waals surface area contributed by atoms with E-state index in [0.717, 1.165) is 6.92 Å². The first-order valence-electron chi connectivity index (χ1n) is 3.87. The Balaban J connectivity index is 4.70. The quantitative estimate of drug-likeness (QED) is 0.261. The van der Waals surface area contributed by atoms with Gasteiger partial charge >= 0.3 is 13.1 Å². The van der Waals surface area contributed by atoms with E-state index in [1.165, 1.54) is 0 Å². The van der Waals surface area contributed by atoms with Gasteiger partial charge in [-0.25, -0.2) is 0 Å². The number of aliphatic hydroxyl groups excluding tert-OH is 2. The maximum atomic E-state index is 10.8. The van der Waals surface area contributed by atoms with Gasteiger partial charge in [-0.3, -0.25) is 9.36 Å². The molecule has 0 saturated carbocycles. The molecule has 5 N–H and O–H groups in total. The van der Waals surface area contributed by atoms with E-state index in [9.17, 15) is 14.5 Å². The lowest BCUT2D eigenvalue weighted by molar-refractivity contribution is -0.183. The van der Waals surface area contributed by atoms with Gasteiger partial charge in [0, 0.05) is 6.92 Å². The van der Waals surface area contributed by atoms with Crippen molar-refractivity contribution in [2.75, 3.05) is 13.2 Å². The predicted octanol–water partition coefficient (Wildman–Crippen LogP) is -2.23. The van der Waals surface area contributed by atoms with Crippen LogP contribution in [0.3, 0.4) is 0 Å². The van der Waals surface area contributed by atoms with Crippen LogP contribution in [-0.2, 0) is 14.1 Å². The molecule has 0 aromatic heterocycles. The van der Waals surface area contributed by atoms with Gasteiger partial charge in [0.15, 0.2) is 0 Å². The molecule has 90 valence electrons. The molecule has 0 aliphatic carbocycles. The minimum absolute atomic E-state index is 0.727. The first-order valence-corrected chi connectivity index (χ1v) is 5.48. The number of rotatable bonds is 6. The number of hydrogen-bond acceptors (Lipinski definition) is 6. The van der Waals surface area contributed by atoms with Crippen molar-refractivity contribution >= 4 is 13.4 Å². The van der Waals surface area contributed by atoms with Crippen LogP contribution in [0.15, 0.2) is 0 Å². The standard InChI is InChI=1S/C6H13O8P/c1-4(8)6(10,15(11,12)13)14-3-5(9)2-7/h5,7,9-10H,2-3H2,1H3,(H2,11,12,13). The molecule has 0 aliphatic rings. The highest BCUT2D eigenvalue weighted by molar-refractivity contribution is 7.54. The zero-order valence-corrected chi connectivity index (χ0v) is 8.79. The van der Waals surface area contributed by atoms with Crippen LogP contribution >= 0.6 is 7.60 Å². The average Bonchev–Trinajstić information content (AvgIpc) is 2.11. The number of ether oxygens (including phenoxy) is 1. The summed E-state index contributed by atoms with van der Waals surface area (Å²) in [4.78, 5) is 28.1. The lowest BCUT2D eigenvalue weighted by Crippen LogP contribution is -2.42. The molecule has 8 nitrogen and oxygen atoms in total. The number of carbonyl (C=O) groups excluding carboxylic acids is 1. The van der Waals surface area contributed by atoms with Crippen molar-refractivity contribution in [3.8, 4) is 0 Å². The summed E-state index contributed by atoms with van der Waals surface area (Å²) in [5, 5.41) is 26.4. The monoisotopic (exact) mass is 244 g/mol. The Morgan fingerprint density at radius 3 is 2.27 bits per heavy atom.